The number of carbonyl (C=O) groups is 1. The molecule has 1 aliphatic rings. The number of fused-ring (bicyclic) bond motifs is 1. The summed E-state index contributed by atoms with van der Waals surface area (Å²) in [5, 5.41) is 3.94. The van der Waals surface area contributed by atoms with Crippen molar-refractivity contribution in [2.45, 2.75) is 46.3 Å². The van der Waals surface area contributed by atoms with E-state index in [2.05, 4.69) is 18.1 Å². The number of aromatic nitrogens is 1. The van der Waals surface area contributed by atoms with Crippen LogP contribution in [0.2, 0.25) is 0 Å². The Balaban J connectivity index is 1.40. The summed E-state index contributed by atoms with van der Waals surface area (Å²) in [6.07, 6.45) is 1.29. The lowest BCUT2D eigenvalue weighted by Crippen LogP contribution is -2.36. The number of amides is 1. The lowest BCUT2D eigenvalue weighted by molar-refractivity contribution is -0.118. The fourth-order valence-electron chi connectivity index (χ4n) is 3.77. The molecule has 0 radical (unpaired) electrons. The maximum absolute atomic E-state index is 12.9. The Morgan fingerprint density at radius 3 is 2.64 bits per heavy atom. The second-order valence-corrected chi connectivity index (χ2v) is 7.36. The predicted molar refractivity (Wildman–Crippen MR) is 108 cm³/mol. The van der Waals surface area contributed by atoms with Gasteiger partial charge < -0.3 is 14.2 Å². The van der Waals surface area contributed by atoms with E-state index < -0.39 is 0 Å². The molecule has 3 aromatic rings. The highest BCUT2D eigenvalue weighted by molar-refractivity contribution is 5.97. The first-order valence-corrected chi connectivity index (χ1v) is 9.56. The van der Waals surface area contributed by atoms with Crippen LogP contribution in [0.3, 0.4) is 0 Å². The van der Waals surface area contributed by atoms with Crippen molar-refractivity contribution < 1.29 is 14.1 Å². The zero-order valence-corrected chi connectivity index (χ0v) is 16.4. The molecule has 0 saturated heterocycles. The largest absolute Gasteiger partial charge is 0.489 e. The minimum Gasteiger partial charge on any atom is -0.489 e. The minimum atomic E-state index is 0.127. The van der Waals surface area contributed by atoms with E-state index in [-0.39, 0.29) is 11.9 Å². The second kappa shape index (κ2) is 7.50. The first-order valence-electron chi connectivity index (χ1n) is 9.56. The molecule has 2 heterocycles. The number of hydrogen-bond donors (Lipinski definition) is 0. The Bertz CT molecular complexity index is 972. The molecule has 2 aromatic carbocycles. The van der Waals surface area contributed by atoms with E-state index in [0.717, 1.165) is 40.4 Å². The highest BCUT2D eigenvalue weighted by Crippen LogP contribution is 2.32. The number of benzene rings is 2. The van der Waals surface area contributed by atoms with E-state index in [1.54, 1.807) is 0 Å². The summed E-state index contributed by atoms with van der Waals surface area (Å²) in [6, 6.07) is 16.1. The standard InChI is InChI=1S/C23H24N2O3/c1-15-12-19-6-4-5-7-22(19)25(15)23(26)13-18-8-10-20(11-9-18)27-14-21-16(2)24-28-17(21)3/h4-11,15H,12-14H2,1-3H3/t15-/m0/s1. The van der Waals surface area contributed by atoms with Crippen LogP contribution in [0.15, 0.2) is 53.1 Å². The minimum absolute atomic E-state index is 0.127. The Kier molecular flexibility index (Phi) is 4.90. The lowest BCUT2D eigenvalue weighted by atomic mass is 10.1. The summed E-state index contributed by atoms with van der Waals surface area (Å²) in [4.78, 5) is 14.8. The summed E-state index contributed by atoms with van der Waals surface area (Å²) in [7, 11) is 0. The van der Waals surface area contributed by atoms with Gasteiger partial charge in [-0.05, 0) is 56.5 Å². The van der Waals surface area contributed by atoms with E-state index in [9.17, 15) is 4.79 Å². The van der Waals surface area contributed by atoms with Gasteiger partial charge in [0, 0.05) is 11.7 Å². The van der Waals surface area contributed by atoms with Gasteiger partial charge in [0.25, 0.3) is 0 Å². The van der Waals surface area contributed by atoms with Crippen LogP contribution < -0.4 is 9.64 Å². The van der Waals surface area contributed by atoms with Crippen LogP contribution in [0, 0.1) is 13.8 Å². The van der Waals surface area contributed by atoms with Gasteiger partial charge >= 0.3 is 0 Å². The van der Waals surface area contributed by atoms with E-state index in [0.29, 0.717) is 13.0 Å². The number of ether oxygens (including phenoxy) is 1. The maximum atomic E-state index is 12.9. The monoisotopic (exact) mass is 376 g/mol. The normalized spacial score (nSPS) is 15.5. The highest BCUT2D eigenvalue weighted by Gasteiger charge is 2.30. The molecule has 0 N–H and O–H groups in total. The van der Waals surface area contributed by atoms with Gasteiger partial charge in [-0.3, -0.25) is 4.79 Å². The number of nitrogens with zero attached hydrogens (tertiary/aromatic N) is 2. The van der Waals surface area contributed by atoms with Crippen LogP contribution in [0.1, 0.15) is 35.1 Å². The van der Waals surface area contributed by atoms with Gasteiger partial charge in [-0.1, -0.05) is 35.5 Å². The predicted octanol–water partition coefficient (Wildman–Crippen LogP) is 4.39. The van der Waals surface area contributed by atoms with Gasteiger partial charge in [0.1, 0.15) is 18.1 Å². The molecule has 5 heteroatoms. The van der Waals surface area contributed by atoms with Crippen LogP contribution in [0.25, 0.3) is 0 Å². The molecule has 0 unspecified atom stereocenters. The average Bonchev–Trinajstić information content (AvgIpc) is 3.19. The zero-order chi connectivity index (χ0) is 19.7. The van der Waals surface area contributed by atoms with E-state index in [1.807, 2.05) is 61.2 Å². The molecule has 0 aliphatic carbocycles. The van der Waals surface area contributed by atoms with Gasteiger partial charge in [0.05, 0.1) is 17.7 Å². The number of rotatable bonds is 5. The summed E-state index contributed by atoms with van der Waals surface area (Å²) in [6.45, 7) is 6.30. The molecule has 5 nitrogen and oxygen atoms in total. The molecular weight excluding hydrogens is 352 g/mol. The average molecular weight is 376 g/mol. The molecule has 4 rings (SSSR count). The van der Waals surface area contributed by atoms with E-state index in [1.165, 1.54) is 5.56 Å². The second-order valence-electron chi connectivity index (χ2n) is 7.36. The van der Waals surface area contributed by atoms with Crippen molar-refractivity contribution in [1.29, 1.82) is 0 Å². The van der Waals surface area contributed by atoms with Crippen molar-refractivity contribution in [3.05, 3.63) is 76.7 Å². The molecule has 0 fully saturated rings. The molecule has 144 valence electrons. The molecule has 1 atom stereocenters. The quantitative estimate of drug-likeness (QED) is 0.663. The fourth-order valence-corrected chi connectivity index (χ4v) is 3.77. The Morgan fingerprint density at radius 2 is 1.93 bits per heavy atom. The number of para-hydroxylation sites is 1. The molecule has 0 spiro atoms. The fraction of sp³-hybridized carbons (Fsp3) is 0.304. The summed E-state index contributed by atoms with van der Waals surface area (Å²) in [5.41, 5.74) is 5.08. The Labute approximate surface area is 164 Å². The third kappa shape index (κ3) is 3.52. The van der Waals surface area contributed by atoms with Crippen LogP contribution in [0.5, 0.6) is 5.75 Å². The van der Waals surface area contributed by atoms with Crippen LogP contribution in [-0.2, 0) is 24.2 Å². The summed E-state index contributed by atoms with van der Waals surface area (Å²) in [5.74, 6) is 1.66. The molecule has 28 heavy (non-hydrogen) atoms. The van der Waals surface area contributed by atoms with Crippen molar-refractivity contribution in [1.82, 2.24) is 5.16 Å². The van der Waals surface area contributed by atoms with E-state index in [4.69, 9.17) is 9.26 Å². The Hall–Kier alpha value is -3.08. The van der Waals surface area contributed by atoms with Crippen LogP contribution in [-0.4, -0.2) is 17.1 Å². The van der Waals surface area contributed by atoms with Crippen LogP contribution in [0.4, 0.5) is 5.69 Å². The molecule has 0 bridgehead atoms. The molecule has 1 aromatic heterocycles. The van der Waals surface area contributed by atoms with Gasteiger partial charge in [0.15, 0.2) is 0 Å². The SMILES string of the molecule is Cc1noc(C)c1COc1ccc(CC(=O)N2c3ccccc3C[C@@H]2C)cc1. The van der Waals surface area contributed by atoms with Crippen molar-refractivity contribution in [3.8, 4) is 5.75 Å². The third-order valence-corrected chi connectivity index (χ3v) is 5.32. The Morgan fingerprint density at radius 1 is 1.18 bits per heavy atom. The zero-order valence-electron chi connectivity index (χ0n) is 16.4. The van der Waals surface area contributed by atoms with Crippen molar-refractivity contribution >= 4 is 11.6 Å². The third-order valence-electron chi connectivity index (χ3n) is 5.32. The highest BCUT2D eigenvalue weighted by atomic mass is 16.5. The molecule has 0 saturated carbocycles. The van der Waals surface area contributed by atoms with Gasteiger partial charge in [-0.15, -0.1) is 0 Å². The van der Waals surface area contributed by atoms with Crippen molar-refractivity contribution in [3.63, 3.8) is 0 Å². The van der Waals surface area contributed by atoms with Gasteiger partial charge in [-0.25, -0.2) is 0 Å². The maximum Gasteiger partial charge on any atom is 0.231 e. The lowest BCUT2D eigenvalue weighted by Gasteiger charge is -2.23. The smallest absolute Gasteiger partial charge is 0.231 e. The first-order chi connectivity index (χ1) is 13.5. The number of anilines is 1. The first kappa shape index (κ1) is 18.3. The molecule has 1 aliphatic heterocycles. The molecular formula is C23H24N2O3. The number of aryl methyl sites for hydroxylation is 2. The summed E-state index contributed by atoms with van der Waals surface area (Å²) < 4.78 is 11.0. The van der Waals surface area contributed by atoms with Crippen molar-refractivity contribution in [2.75, 3.05) is 4.90 Å². The summed E-state index contributed by atoms with van der Waals surface area (Å²) >= 11 is 0. The topological polar surface area (TPSA) is 55.6 Å². The van der Waals surface area contributed by atoms with Gasteiger partial charge in [0.2, 0.25) is 5.91 Å². The number of carbonyl (C=O) groups excluding carboxylic acids is 1. The van der Waals surface area contributed by atoms with E-state index >= 15 is 0 Å². The number of hydrogen-bond acceptors (Lipinski definition) is 4. The van der Waals surface area contributed by atoms with Crippen molar-refractivity contribution in [2.24, 2.45) is 0 Å². The van der Waals surface area contributed by atoms with Crippen LogP contribution >= 0.6 is 0 Å². The molecule has 1 amide bonds. The van der Waals surface area contributed by atoms with Gasteiger partial charge in [-0.2, -0.15) is 0 Å².